The third kappa shape index (κ3) is 4.14. The molecule has 142 valence electrons. The largest absolute Gasteiger partial charge is 0.368 e. The average molecular weight is 372 g/mol. The van der Waals surface area contributed by atoms with Gasteiger partial charge in [0.05, 0.1) is 11.9 Å². The molecule has 1 saturated heterocycles. The van der Waals surface area contributed by atoms with Gasteiger partial charge < -0.3 is 15.1 Å². The van der Waals surface area contributed by atoms with Gasteiger partial charge in [0.25, 0.3) is 5.91 Å². The lowest BCUT2D eigenvalue weighted by molar-refractivity contribution is 0.0741. The van der Waals surface area contributed by atoms with Crippen LogP contribution in [0.4, 0.5) is 17.1 Å². The van der Waals surface area contributed by atoms with Crippen molar-refractivity contribution in [2.75, 3.05) is 36.4 Å². The number of hydrogen-bond donors (Lipinski definition) is 1. The van der Waals surface area contributed by atoms with Crippen LogP contribution >= 0.6 is 0 Å². The van der Waals surface area contributed by atoms with Crippen LogP contribution in [0.5, 0.6) is 0 Å². The summed E-state index contributed by atoms with van der Waals surface area (Å²) in [5, 5.41) is 3.32. The number of pyridine rings is 1. The minimum Gasteiger partial charge on any atom is -0.368 e. The fraction of sp³-hybridized carbons (Fsp3) is 0.217. The Morgan fingerprint density at radius 2 is 1.68 bits per heavy atom. The normalized spacial score (nSPS) is 14.0. The maximum Gasteiger partial charge on any atom is 0.272 e. The quantitative estimate of drug-likeness (QED) is 0.749. The lowest BCUT2D eigenvalue weighted by Crippen LogP contribution is -2.49. The number of carbonyl (C=O) groups excluding carboxylic acids is 1. The first-order valence-electron chi connectivity index (χ1n) is 9.58. The lowest BCUT2D eigenvalue weighted by Gasteiger charge is -2.36. The van der Waals surface area contributed by atoms with Crippen LogP contribution in [0.1, 0.15) is 16.1 Å². The summed E-state index contributed by atoms with van der Waals surface area (Å²) >= 11 is 0. The molecule has 3 aromatic rings. The molecule has 2 aromatic carbocycles. The zero-order valence-corrected chi connectivity index (χ0v) is 16.0. The molecule has 1 N–H and O–H groups in total. The molecular weight excluding hydrogens is 348 g/mol. The number of aromatic nitrogens is 1. The Labute approximate surface area is 165 Å². The van der Waals surface area contributed by atoms with Crippen LogP contribution in [0.25, 0.3) is 0 Å². The zero-order chi connectivity index (χ0) is 19.3. The number of carbonyl (C=O) groups is 1. The third-order valence-corrected chi connectivity index (χ3v) is 4.98. The van der Waals surface area contributed by atoms with Gasteiger partial charge in [0.15, 0.2) is 0 Å². The molecule has 0 spiro atoms. The van der Waals surface area contributed by atoms with Crippen molar-refractivity contribution in [3.63, 3.8) is 0 Å². The Morgan fingerprint density at radius 1 is 0.893 bits per heavy atom. The highest BCUT2D eigenvalue weighted by atomic mass is 16.2. The van der Waals surface area contributed by atoms with Gasteiger partial charge >= 0.3 is 0 Å². The SMILES string of the molecule is Cc1cccc(Nc2ccc(C(=O)N3CCN(c4ccccc4)CC3)nc2)c1. The second kappa shape index (κ2) is 8.13. The van der Waals surface area contributed by atoms with Crippen molar-refractivity contribution in [1.82, 2.24) is 9.88 Å². The van der Waals surface area contributed by atoms with Gasteiger partial charge in [-0.3, -0.25) is 4.79 Å². The third-order valence-electron chi connectivity index (χ3n) is 4.98. The molecule has 1 fully saturated rings. The molecule has 1 aliphatic heterocycles. The Bertz CT molecular complexity index is 932. The second-order valence-electron chi connectivity index (χ2n) is 7.04. The lowest BCUT2D eigenvalue weighted by atomic mass is 10.2. The Morgan fingerprint density at radius 3 is 2.36 bits per heavy atom. The van der Waals surface area contributed by atoms with Crippen molar-refractivity contribution in [2.45, 2.75) is 6.92 Å². The highest BCUT2D eigenvalue weighted by Gasteiger charge is 2.23. The number of rotatable bonds is 4. The summed E-state index contributed by atoms with van der Waals surface area (Å²) in [6.07, 6.45) is 1.72. The predicted octanol–water partition coefficient (Wildman–Crippen LogP) is 4.10. The number of hydrogen-bond acceptors (Lipinski definition) is 4. The van der Waals surface area contributed by atoms with E-state index in [0.717, 1.165) is 24.5 Å². The average Bonchev–Trinajstić information content (AvgIpc) is 2.75. The fourth-order valence-electron chi connectivity index (χ4n) is 3.45. The fourth-order valence-corrected chi connectivity index (χ4v) is 3.45. The molecule has 28 heavy (non-hydrogen) atoms. The molecule has 2 heterocycles. The van der Waals surface area contributed by atoms with Crippen molar-refractivity contribution in [3.8, 4) is 0 Å². The molecule has 1 amide bonds. The number of amides is 1. The standard InChI is InChI=1S/C23H24N4O/c1-18-6-5-7-19(16-18)25-20-10-11-22(24-17-20)23(28)27-14-12-26(13-15-27)21-8-3-2-4-9-21/h2-11,16-17,25H,12-15H2,1H3. The summed E-state index contributed by atoms with van der Waals surface area (Å²) in [6, 6.07) is 22.2. The highest BCUT2D eigenvalue weighted by molar-refractivity contribution is 5.92. The Hall–Kier alpha value is -3.34. The maximum atomic E-state index is 12.8. The summed E-state index contributed by atoms with van der Waals surface area (Å²) < 4.78 is 0. The molecule has 0 aliphatic carbocycles. The van der Waals surface area contributed by atoms with Crippen LogP contribution < -0.4 is 10.2 Å². The van der Waals surface area contributed by atoms with Crippen molar-refractivity contribution in [2.24, 2.45) is 0 Å². The minimum absolute atomic E-state index is 0.00480. The van der Waals surface area contributed by atoms with Gasteiger partial charge in [-0.1, -0.05) is 30.3 Å². The van der Waals surface area contributed by atoms with Crippen LogP contribution in [0.3, 0.4) is 0 Å². The molecule has 0 unspecified atom stereocenters. The van der Waals surface area contributed by atoms with Crippen molar-refractivity contribution in [1.29, 1.82) is 0 Å². The number of anilines is 3. The molecule has 4 rings (SSSR count). The Balaban J connectivity index is 1.36. The van der Waals surface area contributed by atoms with E-state index in [2.05, 4.69) is 46.4 Å². The number of nitrogens with zero attached hydrogens (tertiary/aromatic N) is 3. The van der Waals surface area contributed by atoms with E-state index in [9.17, 15) is 4.79 Å². The molecule has 1 aromatic heterocycles. The van der Waals surface area contributed by atoms with E-state index in [1.807, 2.05) is 41.3 Å². The summed E-state index contributed by atoms with van der Waals surface area (Å²) in [7, 11) is 0. The van der Waals surface area contributed by atoms with E-state index in [-0.39, 0.29) is 5.91 Å². The monoisotopic (exact) mass is 372 g/mol. The zero-order valence-electron chi connectivity index (χ0n) is 16.0. The molecule has 0 atom stereocenters. The molecule has 0 bridgehead atoms. The van der Waals surface area contributed by atoms with Crippen LogP contribution in [-0.2, 0) is 0 Å². The number of piperazine rings is 1. The van der Waals surface area contributed by atoms with Gasteiger partial charge in [-0.2, -0.15) is 0 Å². The van der Waals surface area contributed by atoms with Gasteiger partial charge in [-0.05, 0) is 48.9 Å². The first kappa shape index (κ1) is 18.0. The summed E-state index contributed by atoms with van der Waals surface area (Å²) in [6.45, 7) is 5.14. The first-order valence-corrected chi connectivity index (χ1v) is 9.58. The van der Waals surface area contributed by atoms with E-state index in [0.29, 0.717) is 18.8 Å². The number of aryl methyl sites for hydroxylation is 1. The van der Waals surface area contributed by atoms with Crippen molar-refractivity contribution in [3.05, 3.63) is 84.2 Å². The van der Waals surface area contributed by atoms with Gasteiger partial charge in [-0.25, -0.2) is 4.98 Å². The van der Waals surface area contributed by atoms with E-state index in [1.165, 1.54) is 11.3 Å². The molecule has 5 heteroatoms. The van der Waals surface area contributed by atoms with E-state index in [4.69, 9.17) is 0 Å². The number of para-hydroxylation sites is 1. The first-order chi connectivity index (χ1) is 13.7. The molecule has 0 saturated carbocycles. The smallest absolute Gasteiger partial charge is 0.272 e. The minimum atomic E-state index is -0.00480. The van der Waals surface area contributed by atoms with Crippen LogP contribution in [0, 0.1) is 6.92 Å². The summed E-state index contributed by atoms with van der Waals surface area (Å²) in [4.78, 5) is 21.4. The number of nitrogens with one attached hydrogen (secondary N) is 1. The van der Waals surface area contributed by atoms with Gasteiger partial charge in [0.1, 0.15) is 5.69 Å². The van der Waals surface area contributed by atoms with Gasteiger partial charge in [-0.15, -0.1) is 0 Å². The van der Waals surface area contributed by atoms with Crippen LogP contribution in [0.15, 0.2) is 72.9 Å². The highest BCUT2D eigenvalue weighted by Crippen LogP contribution is 2.19. The molecule has 5 nitrogen and oxygen atoms in total. The van der Waals surface area contributed by atoms with Crippen LogP contribution in [-0.4, -0.2) is 42.0 Å². The summed E-state index contributed by atoms with van der Waals surface area (Å²) in [5.74, 6) is -0.00480. The predicted molar refractivity (Wildman–Crippen MR) is 113 cm³/mol. The van der Waals surface area contributed by atoms with Gasteiger partial charge in [0, 0.05) is 37.6 Å². The van der Waals surface area contributed by atoms with Crippen molar-refractivity contribution >= 4 is 23.0 Å². The molecule has 0 radical (unpaired) electrons. The van der Waals surface area contributed by atoms with Crippen LogP contribution in [0.2, 0.25) is 0 Å². The summed E-state index contributed by atoms with van der Waals surface area (Å²) in [5.41, 5.74) is 4.77. The van der Waals surface area contributed by atoms with Crippen molar-refractivity contribution < 1.29 is 4.79 Å². The van der Waals surface area contributed by atoms with E-state index in [1.54, 1.807) is 12.3 Å². The molecular formula is C23H24N4O. The van der Waals surface area contributed by atoms with E-state index < -0.39 is 0 Å². The van der Waals surface area contributed by atoms with E-state index >= 15 is 0 Å². The second-order valence-corrected chi connectivity index (χ2v) is 7.04. The topological polar surface area (TPSA) is 48.5 Å². The van der Waals surface area contributed by atoms with Gasteiger partial charge in [0.2, 0.25) is 0 Å². The maximum absolute atomic E-state index is 12.8. The Kier molecular flexibility index (Phi) is 5.24. The molecule has 1 aliphatic rings. The number of benzene rings is 2.